The molecule has 0 unspecified atom stereocenters. The number of halogens is 2. The second-order valence-corrected chi connectivity index (χ2v) is 7.76. The van der Waals surface area contributed by atoms with Gasteiger partial charge in [-0.15, -0.1) is 0 Å². The maximum absolute atomic E-state index is 13.0. The van der Waals surface area contributed by atoms with Crippen molar-refractivity contribution in [3.63, 3.8) is 0 Å². The lowest BCUT2D eigenvalue weighted by Gasteiger charge is -2.37. The summed E-state index contributed by atoms with van der Waals surface area (Å²) in [7, 11) is 0. The molecular formula is C17H26ClFN2O2. The molecule has 23 heavy (non-hydrogen) atoms. The van der Waals surface area contributed by atoms with Gasteiger partial charge in [-0.3, -0.25) is 0 Å². The summed E-state index contributed by atoms with van der Waals surface area (Å²) in [5.41, 5.74) is -0.295. The van der Waals surface area contributed by atoms with Crippen LogP contribution in [0.25, 0.3) is 0 Å². The van der Waals surface area contributed by atoms with Gasteiger partial charge in [0.15, 0.2) is 0 Å². The van der Waals surface area contributed by atoms with Gasteiger partial charge in [0.2, 0.25) is 0 Å². The predicted molar refractivity (Wildman–Crippen MR) is 92.6 cm³/mol. The van der Waals surface area contributed by atoms with Crippen molar-refractivity contribution in [2.45, 2.75) is 52.7 Å². The molecule has 0 saturated carbocycles. The number of anilines is 1. The van der Waals surface area contributed by atoms with E-state index in [1.807, 2.05) is 41.5 Å². The lowest BCUT2D eigenvalue weighted by atomic mass is 10.1. The van der Waals surface area contributed by atoms with Gasteiger partial charge in [0.05, 0.1) is 10.7 Å². The average Bonchev–Trinajstić information content (AvgIpc) is 2.32. The highest BCUT2D eigenvalue weighted by molar-refractivity contribution is 6.33. The van der Waals surface area contributed by atoms with Crippen molar-refractivity contribution in [3.8, 4) is 0 Å². The maximum Gasteiger partial charge on any atom is 0.410 e. The van der Waals surface area contributed by atoms with E-state index in [4.69, 9.17) is 16.3 Å². The number of ether oxygens (including phenoxy) is 1. The van der Waals surface area contributed by atoms with Gasteiger partial charge in [-0.1, -0.05) is 11.6 Å². The summed E-state index contributed by atoms with van der Waals surface area (Å²) in [5, 5.41) is 3.42. The summed E-state index contributed by atoms with van der Waals surface area (Å²) >= 11 is 5.98. The van der Waals surface area contributed by atoms with Gasteiger partial charge >= 0.3 is 6.09 Å². The Morgan fingerprint density at radius 2 is 1.87 bits per heavy atom. The Bertz CT molecular complexity index is 551. The van der Waals surface area contributed by atoms with Crippen molar-refractivity contribution in [1.82, 2.24) is 4.90 Å². The monoisotopic (exact) mass is 344 g/mol. The molecule has 0 saturated heterocycles. The van der Waals surface area contributed by atoms with E-state index >= 15 is 0 Å². The Hall–Kier alpha value is -1.49. The molecule has 0 aromatic heterocycles. The zero-order valence-corrected chi connectivity index (χ0v) is 15.4. The third kappa shape index (κ3) is 6.65. The molecular weight excluding hydrogens is 319 g/mol. The predicted octanol–water partition coefficient (Wildman–Crippen LogP) is 4.93. The van der Waals surface area contributed by atoms with E-state index in [9.17, 15) is 9.18 Å². The number of rotatable bonds is 4. The molecule has 0 heterocycles. The van der Waals surface area contributed by atoms with Gasteiger partial charge in [-0.2, -0.15) is 0 Å². The van der Waals surface area contributed by atoms with Crippen LogP contribution in [0.2, 0.25) is 5.02 Å². The van der Waals surface area contributed by atoms with E-state index in [1.54, 1.807) is 11.0 Å². The minimum absolute atomic E-state index is 0.310. The Balaban J connectivity index is 2.70. The highest BCUT2D eigenvalue weighted by Gasteiger charge is 2.30. The van der Waals surface area contributed by atoms with Crippen LogP contribution in [-0.4, -0.2) is 35.2 Å². The summed E-state index contributed by atoms with van der Waals surface area (Å²) in [6.07, 6.45) is -0.364. The van der Waals surface area contributed by atoms with Crippen molar-refractivity contribution < 1.29 is 13.9 Å². The molecule has 0 aliphatic carbocycles. The number of hydrogen-bond acceptors (Lipinski definition) is 3. The normalized spacial score (nSPS) is 12.0. The molecule has 0 fully saturated rings. The molecule has 0 spiro atoms. The molecule has 1 amide bonds. The largest absolute Gasteiger partial charge is 0.444 e. The van der Waals surface area contributed by atoms with Crippen molar-refractivity contribution in [2.24, 2.45) is 0 Å². The zero-order valence-electron chi connectivity index (χ0n) is 14.7. The maximum atomic E-state index is 13.0. The third-order valence-corrected chi connectivity index (χ3v) is 3.32. The number of benzene rings is 1. The molecule has 0 radical (unpaired) electrons. The molecule has 1 N–H and O–H groups in total. The fourth-order valence-corrected chi connectivity index (χ4v) is 2.19. The van der Waals surface area contributed by atoms with Gasteiger partial charge in [-0.25, -0.2) is 9.18 Å². The van der Waals surface area contributed by atoms with Crippen molar-refractivity contribution in [1.29, 1.82) is 0 Å². The lowest BCUT2D eigenvalue weighted by molar-refractivity contribution is 0.00749. The molecule has 0 aliphatic rings. The van der Waals surface area contributed by atoms with Crippen LogP contribution < -0.4 is 5.32 Å². The number of carbonyl (C=O) groups is 1. The van der Waals surface area contributed by atoms with E-state index in [-0.39, 0.29) is 17.4 Å². The molecule has 130 valence electrons. The number of carbonyl (C=O) groups excluding carboxylic acids is 1. The summed E-state index contributed by atoms with van der Waals surface area (Å²) in [4.78, 5) is 14.0. The molecule has 6 heteroatoms. The quantitative estimate of drug-likeness (QED) is 0.842. The summed E-state index contributed by atoms with van der Waals surface area (Å²) in [6.45, 7) is 12.3. The second kappa shape index (κ2) is 7.39. The molecule has 1 aromatic carbocycles. The van der Waals surface area contributed by atoms with Crippen LogP contribution in [0.15, 0.2) is 18.2 Å². The van der Waals surface area contributed by atoms with Gasteiger partial charge in [0, 0.05) is 18.6 Å². The number of nitrogens with one attached hydrogen (secondary N) is 1. The molecule has 0 atom stereocenters. The smallest absolute Gasteiger partial charge is 0.410 e. The van der Waals surface area contributed by atoms with Crippen LogP contribution in [0.4, 0.5) is 14.9 Å². The Morgan fingerprint density at radius 3 is 2.35 bits per heavy atom. The first-order valence-electron chi connectivity index (χ1n) is 7.60. The zero-order chi connectivity index (χ0) is 17.8. The summed E-state index contributed by atoms with van der Waals surface area (Å²) < 4.78 is 18.5. The standard InChI is InChI=1S/C17H26ClFN2O2/c1-16(2,3)21(15(22)23-17(4,5)6)10-9-20-14-8-7-12(19)11-13(14)18/h7-8,11,20H,9-10H2,1-6H3. The topological polar surface area (TPSA) is 41.6 Å². The fourth-order valence-electron chi connectivity index (χ4n) is 1.95. The second-order valence-electron chi connectivity index (χ2n) is 7.35. The highest BCUT2D eigenvalue weighted by atomic mass is 35.5. The van der Waals surface area contributed by atoms with E-state index in [0.717, 1.165) is 0 Å². The molecule has 1 aromatic rings. The molecule has 0 aliphatic heterocycles. The third-order valence-electron chi connectivity index (χ3n) is 3.01. The van der Waals surface area contributed by atoms with Gasteiger partial charge in [0.25, 0.3) is 0 Å². The van der Waals surface area contributed by atoms with Crippen molar-refractivity contribution in [2.75, 3.05) is 18.4 Å². The van der Waals surface area contributed by atoms with Gasteiger partial charge in [-0.05, 0) is 59.7 Å². The van der Waals surface area contributed by atoms with E-state index < -0.39 is 5.60 Å². The molecule has 4 nitrogen and oxygen atoms in total. The first-order chi connectivity index (χ1) is 10.4. The first-order valence-corrected chi connectivity index (χ1v) is 7.97. The van der Waals surface area contributed by atoms with Crippen LogP contribution in [0, 0.1) is 5.82 Å². The van der Waals surface area contributed by atoms with Crippen molar-refractivity contribution >= 4 is 23.4 Å². The minimum atomic E-state index is -0.547. The van der Waals surface area contributed by atoms with Crippen LogP contribution >= 0.6 is 11.6 Å². The Kier molecular flexibility index (Phi) is 6.28. The molecule has 1 rings (SSSR count). The van der Waals surface area contributed by atoms with Crippen LogP contribution in [-0.2, 0) is 4.74 Å². The minimum Gasteiger partial charge on any atom is -0.444 e. The fraction of sp³-hybridized carbons (Fsp3) is 0.588. The van der Waals surface area contributed by atoms with E-state index in [0.29, 0.717) is 23.8 Å². The lowest BCUT2D eigenvalue weighted by Crippen LogP contribution is -2.49. The van der Waals surface area contributed by atoms with Crippen LogP contribution in [0.3, 0.4) is 0 Å². The number of hydrogen-bond donors (Lipinski definition) is 1. The molecule has 0 bridgehead atoms. The van der Waals surface area contributed by atoms with E-state index in [1.165, 1.54) is 12.1 Å². The van der Waals surface area contributed by atoms with Crippen molar-refractivity contribution in [3.05, 3.63) is 29.0 Å². The van der Waals surface area contributed by atoms with Gasteiger partial charge in [0.1, 0.15) is 11.4 Å². The van der Waals surface area contributed by atoms with Crippen LogP contribution in [0.5, 0.6) is 0 Å². The summed E-state index contributed by atoms with van der Waals surface area (Å²) in [6, 6.07) is 4.16. The first kappa shape index (κ1) is 19.6. The average molecular weight is 345 g/mol. The summed E-state index contributed by atoms with van der Waals surface area (Å²) in [5.74, 6) is -0.384. The highest BCUT2D eigenvalue weighted by Crippen LogP contribution is 2.23. The Labute approximate surface area is 142 Å². The van der Waals surface area contributed by atoms with Crippen LogP contribution in [0.1, 0.15) is 41.5 Å². The Morgan fingerprint density at radius 1 is 1.26 bits per heavy atom. The SMILES string of the molecule is CC(C)(C)OC(=O)N(CCNc1ccc(F)cc1Cl)C(C)(C)C. The van der Waals surface area contributed by atoms with E-state index in [2.05, 4.69) is 5.32 Å². The number of nitrogens with zero attached hydrogens (tertiary/aromatic N) is 1. The number of amides is 1. The van der Waals surface area contributed by atoms with Gasteiger partial charge < -0.3 is 15.0 Å².